The number of alkyl halides is 1. The van der Waals surface area contributed by atoms with Crippen LogP contribution in [0.25, 0.3) is 0 Å². The maximum Gasteiger partial charge on any atom is 0.0912 e. The van der Waals surface area contributed by atoms with E-state index in [4.69, 9.17) is 5.73 Å². The quantitative estimate of drug-likeness (QED) is 0.895. The second-order valence-corrected chi connectivity index (χ2v) is 3.55. The van der Waals surface area contributed by atoms with Gasteiger partial charge in [-0.2, -0.15) is 0 Å². The monoisotopic (exact) mass is 267 g/mol. The van der Waals surface area contributed by atoms with Gasteiger partial charge in [-0.25, -0.2) is 0 Å². The molecule has 0 fully saturated rings. The Bertz CT molecular complexity index is 257. The second-order valence-electron chi connectivity index (χ2n) is 2.64. The third kappa shape index (κ3) is 4.07. The minimum atomic E-state index is -0.367. The summed E-state index contributed by atoms with van der Waals surface area (Å²) < 4.78 is 12.9. The third-order valence-electron chi connectivity index (χ3n) is 1.70. The van der Waals surface area contributed by atoms with Crippen molar-refractivity contribution in [3.63, 3.8) is 0 Å². The number of benzene rings is 1. The highest BCUT2D eigenvalue weighted by molar-refractivity contribution is 9.10. The van der Waals surface area contributed by atoms with E-state index in [1.54, 1.807) is 0 Å². The van der Waals surface area contributed by atoms with Crippen molar-refractivity contribution in [2.75, 3.05) is 6.67 Å². The lowest BCUT2D eigenvalue weighted by Crippen LogP contribution is -2.10. The molecule has 13 heavy (non-hydrogen) atoms. The Hall–Kier alpha value is -0.120. The molecule has 0 aliphatic carbocycles. The van der Waals surface area contributed by atoms with Gasteiger partial charge in [-0.1, -0.05) is 28.1 Å². The summed E-state index contributed by atoms with van der Waals surface area (Å²) >= 11 is 3.33. The van der Waals surface area contributed by atoms with Crippen LogP contribution in [0.4, 0.5) is 4.39 Å². The first kappa shape index (κ1) is 12.9. The van der Waals surface area contributed by atoms with E-state index in [1.165, 1.54) is 0 Å². The fraction of sp³-hybridized carbons (Fsp3) is 0.333. The number of hydrogen-bond donors (Lipinski definition) is 1. The van der Waals surface area contributed by atoms with Gasteiger partial charge in [-0.05, 0) is 24.1 Å². The molecule has 74 valence electrons. The summed E-state index contributed by atoms with van der Waals surface area (Å²) in [5.41, 5.74) is 6.69. The third-order valence-corrected chi connectivity index (χ3v) is 2.19. The normalized spacial score (nSPS) is 11.9. The Labute approximate surface area is 92.1 Å². The molecule has 0 saturated heterocycles. The summed E-state index contributed by atoms with van der Waals surface area (Å²) in [7, 11) is 0. The molecular weight excluding hydrogens is 256 g/mol. The fourth-order valence-corrected chi connectivity index (χ4v) is 1.44. The molecule has 1 atom stereocenters. The van der Waals surface area contributed by atoms with Gasteiger partial charge in [0.05, 0.1) is 6.67 Å². The molecule has 1 nitrogen and oxygen atoms in total. The Kier molecular flexibility index (Phi) is 6.29. The zero-order valence-electron chi connectivity index (χ0n) is 7.04. The van der Waals surface area contributed by atoms with E-state index in [0.29, 0.717) is 6.42 Å². The molecule has 1 aromatic carbocycles. The van der Waals surface area contributed by atoms with E-state index in [1.807, 2.05) is 24.3 Å². The lowest BCUT2D eigenvalue weighted by atomic mass is 10.1. The van der Waals surface area contributed by atoms with Gasteiger partial charge >= 0.3 is 0 Å². The number of halogens is 3. The van der Waals surface area contributed by atoms with Crippen molar-refractivity contribution >= 4 is 28.3 Å². The van der Waals surface area contributed by atoms with Crippen LogP contribution in [0.3, 0.4) is 0 Å². The molecule has 0 aromatic heterocycles. The van der Waals surface area contributed by atoms with Crippen LogP contribution in [0, 0.1) is 0 Å². The van der Waals surface area contributed by atoms with Gasteiger partial charge in [-0.3, -0.25) is 4.39 Å². The van der Waals surface area contributed by atoms with Crippen molar-refractivity contribution in [1.29, 1.82) is 0 Å². The maximum absolute atomic E-state index is 11.9. The van der Waals surface area contributed by atoms with E-state index in [0.717, 1.165) is 10.0 Å². The maximum atomic E-state index is 11.9. The van der Waals surface area contributed by atoms with Crippen LogP contribution < -0.4 is 5.73 Å². The van der Waals surface area contributed by atoms with Crippen LogP contribution in [0.2, 0.25) is 0 Å². The first-order valence-electron chi connectivity index (χ1n) is 3.81. The number of rotatable bonds is 3. The summed E-state index contributed by atoms with van der Waals surface area (Å²) in [6, 6.07) is 7.46. The molecule has 0 heterocycles. The van der Waals surface area contributed by atoms with Gasteiger partial charge in [0.15, 0.2) is 0 Å². The lowest BCUT2D eigenvalue weighted by Gasteiger charge is -2.09. The van der Waals surface area contributed by atoms with Crippen molar-refractivity contribution in [1.82, 2.24) is 0 Å². The smallest absolute Gasteiger partial charge is 0.0912 e. The van der Waals surface area contributed by atoms with E-state index >= 15 is 0 Å². The molecule has 0 saturated carbocycles. The van der Waals surface area contributed by atoms with Crippen LogP contribution in [0.15, 0.2) is 28.7 Å². The molecule has 0 amide bonds. The highest BCUT2D eigenvalue weighted by atomic mass is 79.9. The predicted octanol–water partition coefficient (Wildman–Crippen LogP) is 3.23. The number of nitrogens with two attached hydrogens (primary N) is 1. The highest BCUT2D eigenvalue weighted by Crippen LogP contribution is 2.18. The SMILES string of the molecule is Cl.N[C@@H](CCF)c1cccc(Br)c1. The van der Waals surface area contributed by atoms with Crippen LogP contribution >= 0.6 is 28.3 Å². The Balaban J connectivity index is 0.00000144. The van der Waals surface area contributed by atoms with Gasteiger partial charge in [0.25, 0.3) is 0 Å². The van der Waals surface area contributed by atoms with Crippen LogP contribution in [0.5, 0.6) is 0 Å². The van der Waals surface area contributed by atoms with Gasteiger partial charge < -0.3 is 5.73 Å². The molecule has 0 spiro atoms. The van der Waals surface area contributed by atoms with Crippen molar-refractivity contribution in [3.8, 4) is 0 Å². The minimum Gasteiger partial charge on any atom is -0.324 e. The standard InChI is InChI=1S/C9H11BrFN.ClH/c10-8-3-1-2-7(6-8)9(12)4-5-11;/h1-3,6,9H,4-5,12H2;1H/t9-;/m0./s1. The summed E-state index contributed by atoms with van der Waals surface area (Å²) in [5.74, 6) is 0. The lowest BCUT2D eigenvalue weighted by molar-refractivity contribution is 0.442. The van der Waals surface area contributed by atoms with Crippen molar-refractivity contribution in [2.45, 2.75) is 12.5 Å². The molecule has 0 aliphatic rings. The van der Waals surface area contributed by atoms with E-state index in [9.17, 15) is 4.39 Å². The molecule has 4 heteroatoms. The Morgan fingerprint density at radius 1 is 1.46 bits per heavy atom. The predicted molar refractivity (Wildman–Crippen MR) is 58.9 cm³/mol. The molecule has 0 radical (unpaired) electrons. The topological polar surface area (TPSA) is 26.0 Å². The van der Waals surface area contributed by atoms with Crippen molar-refractivity contribution < 1.29 is 4.39 Å². The highest BCUT2D eigenvalue weighted by Gasteiger charge is 2.04. The van der Waals surface area contributed by atoms with Crippen LogP contribution in [0.1, 0.15) is 18.0 Å². The average molecular weight is 269 g/mol. The van der Waals surface area contributed by atoms with Crippen LogP contribution in [-0.2, 0) is 0 Å². The molecule has 2 N–H and O–H groups in total. The van der Waals surface area contributed by atoms with Gasteiger partial charge in [0.1, 0.15) is 0 Å². The molecule has 0 unspecified atom stereocenters. The Morgan fingerprint density at radius 3 is 2.69 bits per heavy atom. The van der Waals surface area contributed by atoms with Gasteiger partial charge in [-0.15, -0.1) is 12.4 Å². The molecule has 0 bridgehead atoms. The number of hydrogen-bond acceptors (Lipinski definition) is 1. The van der Waals surface area contributed by atoms with E-state index < -0.39 is 0 Å². The van der Waals surface area contributed by atoms with Crippen molar-refractivity contribution in [2.24, 2.45) is 5.73 Å². The zero-order chi connectivity index (χ0) is 8.97. The van der Waals surface area contributed by atoms with Gasteiger partial charge in [0, 0.05) is 10.5 Å². The van der Waals surface area contributed by atoms with E-state index in [-0.39, 0.29) is 25.1 Å². The Morgan fingerprint density at radius 2 is 2.15 bits per heavy atom. The average Bonchev–Trinajstić information content (AvgIpc) is 2.05. The summed E-state index contributed by atoms with van der Waals surface area (Å²) in [6.45, 7) is -0.367. The first-order chi connectivity index (χ1) is 5.74. The molecule has 1 rings (SSSR count). The second kappa shape index (κ2) is 6.35. The van der Waals surface area contributed by atoms with Crippen molar-refractivity contribution in [3.05, 3.63) is 34.3 Å². The van der Waals surface area contributed by atoms with Gasteiger partial charge in [0.2, 0.25) is 0 Å². The minimum absolute atomic E-state index is 0. The summed E-state index contributed by atoms with van der Waals surface area (Å²) in [4.78, 5) is 0. The molecule has 1 aromatic rings. The van der Waals surface area contributed by atoms with Crippen LogP contribution in [-0.4, -0.2) is 6.67 Å². The summed E-state index contributed by atoms with van der Waals surface area (Å²) in [5, 5.41) is 0. The molecule has 0 aliphatic heterocycles. The fourth-order valence-electron chi connectivity index (χ4n) is 1.02. The zero-order valence-corrected chi connectivity index (χ0v) is 9.44. The first-order valence-corrected chi connectivity index (χ1v) is 4.60. The largest absolute Gasteiger partial charge is 0.324 e. The summed E-state index contributed by atoms with van der Waals surface area (Å²) in [6.07, 6.45) is 0.385. The molecular formula is C9H12BrClFN. The van der Waals surface area contributed by atoms with E-state index in [2.05, 4.69) is 15.9 Å².